The second-order valence-corrected chi connectivity index (χ2v) is 5.96. The Labute approximate surface area is 145 Å². The molecule has 0 unspecified atom stereocenters. The molecule has 0 aromatic heterocycles. The van der Waals surface area contributed by atoms with E-state index in [-0.39, 0.29) is 5.82 Å². The van der Waals surface area contributed by atoms with Gasteiger partial charge in [0.2, 0.25) is 0 Å². The first-order valence-electron chi connectivity index (χ1n) is 7.40. The maximum absolute atomic E-state index is 13.0. The summed E-state index contributed by atoms with van der Waals surface area (Å²) in [6.07, 6.45) is 0. The van der Waals surface area contributed by atoms with Crippen LogP contribution in [0, 0.1) is 5.82 Å². The number of thiocarbonyl (C=S) groups is 1. The van der Waals surface area contributed by atoms with Crippen molar-refractivity contribution in [2.24, 2.45) is 5.10 Å². The fourth-order valence-corrected chi connectivity index (χ4v) is 2.62. The molecule has 0 spiro atoms. The number of nitrogens with zero attached hydrogens (tertiary/aromatic N) is 2. The van der Waals surface area contributed by atoms with E-state index in [1.807, 2.05) is 0 Å². The Morgan fingerprint density at radius 2 is 2.17 bits per heavy atom. The number of nitrogens with one attached hydrogen (secondary N) is 2. The minimum atomic E-state index is -0.375. The normalized spacial score (nSPS) is 16.2. The smallest absolute Gasteiger partial charge is 0.187 e. The fourth-order valence-electron chi connectivity index (χ4n) is 2.17. The summed E-state index contributed by atoms with van der Waals surface area (Å²) in [5, 5.41) is 8.03. The molecule has 1 aliphatic heterocycles. The zero-order valence-corrected chi connectivity index (χ0v) is 14.5. The van der Waals surface area contributed by atoms with Gasteiger partial charge in [0.05, 0.1) is 23.9 Å². The number of morpholine rings is 1. The highest BCUT2D eigenvalue weighted by atomic mass is 35.5. The van der Waals surface area contributed by atoms with Gasteiger partial charge in [-0.1, -0.05) is 11.6 Å². The van der Waals surface area contributed by atoms with Gasteiger partial charge < -0.3 is 10.1 Å². The Morgan fingerprint density at radius 1 is 1.43 bits per heavy atom. The minimum absolute atomic E-state index is 0.319. The van der Waals surface area contributed by atoms with Crippen LogP contribution in [0.5, 0.6) is 0 Å². The van der Waals surface area contributed by atoms with Crippen LogP contribution in [-0.2, 0) is 4.74 Å². The van der Waals surface area contributed by atoms with Crippen molar-refractivity contribution in [2.75, 3.05) is 39.4 Å². The largest absolute Gasteiger partial charge is 0.379 e. The van der Waals surface area contributed by atoms with Gasteiger partial charge in [-0.25, -0.2) is 4.39 Å². The third-order valence-corrected chi connectivity index (χ3v) is 4.01. The van der Waals surface area contributed by atoms with Gasteiger partial charge in [0.25, 0.3) is 0 Å². The highest BCUT2D eigenvalue weighted by molar-refractivity contribution is 7.80. The lowest BCUT2D eigenvalue weighted by Crippen LogP contribution is -2.42. The van der Waals surface area contributed by atoms with Crippen LogP contribution in [0.4, 0.5) is 4.39 Å². The van der Waals surface area contributed by atoms with Crippen LogP contribution in [0.15, 0.2) is 23.3 Å². The van der Waals surface area contributed by atoms with Crippen LogP contribution in [0.1, 0.15) is 12.5 Å². The monoisotopic (exact) mass is 358 g/mol. The maximum atomic E-state index is 13.0. The lowest BCUT2D eigenvalue weighted by atomic mass is 10.1. The topological polar surface area (TPSA) is 48.9 Å². The SMILES string of the molecule is C/C(=N/NC(=S)NCCN1CCOCC1)c1ccc(F)cc1Cl. The number of hydrazone groups is 1. The average Bonchev–Trinajstić information content (AvgIpc) is 2.53. The zero-order chi connectivity index (χ0) is 16.7. The van der Waals surface area contributed by atoms with Gasteiger partial charge in [0, 0.05) is 31.7 Å². The Kier molecular flexibility index (Phi) is 7.16. The summed E-state index contributed by atoms with van der Waals surface area (Å²) >= 11 is 11.2. The molecule has 2 rings (SSSR count). The second kappa shape index (κ2) is 9.12. The van der Waals surface area contributed by atoms with Crippen LogP contribution in [0.3, 0.4) is 0 Å². The molecule has 1 heterocycles. The van der Waals surface area contributed by atoms with Crippen LogP contribution in [-0.4, -0.2) is 55.1 Å². The minimum Gasteiger partial charge on any atom is -0.379 e. The van der Waals surface area contributed by atoms with E-state index in [1.54, 1.807) is 13.0 Å². The number of hydrogen-bond acceptors (Lipinski definition) is 4. The number of ether oxygens (including phenoxy) is 1. The number of benzene rings is 1. The van der Waals surface area contributed by atoms with Crippen molar-refractivity contribution in [1.29, 1.82) is 0 Å². The molecule has 0 aliphatic carbocycles. The summed E-state index contributed by atoms with van der Waals surface area (Å²) in [4.78, 5) is 2.31. The summed E-state index contributed by atoms with van der Waals surface area (Å²) in [6, 6.07) is 4.20. The van der Waals surface area contributed by atoms with Crippen molar-refractivity contribution in [3.05, 3.63) is 34.6 Å². The van der Waals surface area contributed by atoms with E-state index in [0.717, 1.165) is 39.4 Å². The van der Waals surface area contributed by atoms with Crippen LogP contribution in [0.25, 0.3) is 0 Å². The van der Waals surface area contributed by atoms with Gasteiger partial charge in [-0.2, -0.15) is 5.10 Å². The molecule has 1 fully saturated rings. The molecule has 0 saturated carbocycles. The molecule has 23 heavy (non-hydrogen) atoms. The fraction of sp³-hybridized carbons (Fsp3) is 0.467. The van der Waals surface area contributed by atoms with Gasteiger partial charge in [-0.15, -0.1) is 0 Å². The van der Waals surface area contributed by atoms with E-state index in [0.29, 0.717) is 21.4 Å². The average molecular weight is 359 g/mol. The van der Waals surface area contributed by atoms with Gasteiger partial charge >= 0.3 is 0 Å². The molecule has 1 aromatic carbocycles. The first kappa shape index (κ1) is 18.1. The molecule has 0 radical (unpaired) electrons. The quantitative estimate of drug-likeness (QED) is 0.479. The molecule has 1 saturated heterocycles. The molecule has 0 bridgehead atoms. The van der Waals surface area contributed by atoms with Gasteiger partial charge in [-0.3, -0.25) is 10.3 Å². The standard InChI is InChI=1S/C15H20ClFN4OS/c1-11(13-3-2-12(17)10-14(13)16)19-20-15(23)18-4-5-21-6-8-22-9-7-21/h2-3,10H,4-9H2,1H3,(H2,18,20,23)/b19-11-. The van der Waals surface area contributed by atoms with Crippen molar-refractivity contribution in [2.45, 2.75) is 6.92 Å². The van der Waals surface area contributed by atoms with Crippen molar-refractivity contribution < 1.29 is 9.13 Å². The van der Waals surface area contributed by atoms with E-state index < -0.39 is 0 Å². The van der Waals surface area contributed by atoms with E-state index in [9.17, 15) is 4.39 Å². The molecule has 8 heteroatoms. The van der Waals surface area contributed by atoms with Crippen LogP contribution in [0.2, 0.25) is 5.02 Å². The maximum Gasteiger partial charge on any atom is 0.187 e. The van der Waals surface area contributed by atoms with E-state index in [4.69, 9.17) is 28.6 Å². The van der Waals surface area contributed by atoms with Crippen molar-refractivity contribution >= 4 is 34.6 Å². The molecule has 5 nitrogen and oxygen atoms in total. The predicted octanol–water partition coefficient (Wildman–Crippen LogP) is 2.00. The molecule has 0 atom stereocenters. The highest BCUT2D eigenvalue weighted by Crippen LogP contribution is 2.17. The summed E-state index contributed by atoms with van der Waals surface area (Å²) in [6.45, 7) is 6.87. The molecule has 0 amide bonds. The Bertz CT molecular complexity index is 579. The van der Waals surface area contributed by atoms with Gasteiger partial charge in [0.1, 0.15) is 5.82 Å². The number of halogens is 2. The second-order valence-electron chi connectivity index (χ2n) is 5.14. The lowest BCUT2D eigenvalue weighted by molar-refractivity contribution is 0.0389. The summed E-state index contributed by atoms with van der Waals surface area (Å²) < 4.78 is 18.3. The van der Waals surface area contributed by atoms with Gasteiger partial charge in [0.15, 0.2) is 5.11 Å². The molecule has 126 valence electrons. The summed E-state index contributed by atoms with van der Waals surface area (Å²) in [7, 11) is 0. The van der Waals surface area contributed by atoms with Crippen LogP contribution >= 0.6 is 23.8 Å². The van der Waals surface area contributed by atoms with Gasteiger partial charge in [-0.05, 0) is 37.3 Å². The molecule has 2 N–H and O–H groups in total. The molecule has 1 aromatic rings. The third kappa shape index (κ3) is 6.02. The zero-order valence-electron chi connectivity index (χ0n) is 12.9. The predicted molar refractivity (Wildman–Crippen MR) is 94.6 cm³/mol. The number of hydrogen-bond donors (Lipinski definition) is 2. The van der Waals surface area contributed by atoms with Crippen molar-refractivity contribution in [3.8, 4) is 0 Å². The molecular formula is C15H20ClFN4OS. The third-order valence-electron chi connectivity index (χ3n) is 3.46. The Balaban J connectivity index is 1.75. The molecule has 1 aliphatic rings. The van der Waals surface area contributed by atoms with Crippen LogP contribution < -0.4 is 10.7 Å². The molecular weight excluding hydrogens is 339 g/mol. The van der Waals surface area contributed by atoms with E-state index in [2.05, 4.69) is 20.7 Å². The van der Waals surface area contributed by atoms with E-state index in [1.165, 1.54) is 12.1 Å². The number of rotatable bonds is 5. The van der Waals surface area contributed by atoms with E-state index >= 15 is 0 Å². The van der Waals surface area contributed by atoms with Crippen molar-refractivity contribution in [1.82, 2.24) is 15.6 Å². The summed E-state index contributed by atoms with van der Waals surface area (Å²) in [5.74, 6) is -0.375. The van der Waals surface area contributed by atoms with Crippen molar-refractivity contribution in [3.63, 3.8) is 0 Å². The first-order valence-corrected chi connectivity index (χ1v) is 8.18. The Hall–Kier alpha value is -1.28. The highest BCUT2D eigenvalue weighted by Gasteiger charge is 2.09. The lowest BCUT2D eigenvalue weighted by Gasteiger charge is -2.26. The summed E-state index contributed by atoms with van der Waals surface area (Å²) in [5.41, 5.74) is 4.07. The Morgan fingerprint density at radius 3 is 2.87 bits per heavy atom. The first-order chi connectivity index (χ1) is 11.1.